The molecule has 1 N–H and O–H groups in total. The highest BCUT2D eigenvalue weighted by atomic mass is 15.1. The lowest BCUT2D eigenvalue weighted by Crippen LogP contribution is -3.05. The van der Waals surface area contributed by atoms with E-state index in [-0.39, 0.29) is 0 Å². The van der Waals surface area contributed by atoms with Gasteiger partial charge in [-0.3, -0.25) is 4.90 Å². The Hall–Kier alpha value is -1.60. The zero-order valence-electron chi connectivity index (χ0n) is 11.1. The van der Waals surface area contributed by atoms with Crippen molar-refractivity contribution in [2.75, 3.05) is 6.54 Å². The van der Waals surface area contributed by atoms with Gasteiger partial charge in [-0.2, -0.15) is 0 Å². The molecule has 2 rings (SSSR count). The third-order valence-electron chi connectivity index (χ3n) is 3.27. The summed E-state index contributed by atoms with van der Waals surface area (Å²) in [6.07, 6.45) is 2.53. The Morgan fingerprint density at radius 1 is 0.833 bits per heavy atom. The predicted molar refractivity (Wildman–Crippen MR) is 77.0 cm³/mol. The van der Waals surface area contributed by atoms with Gasteiger partial charge in [-0.1, -0.05) is 61.9 Å². The average molecular weight is 240 g/mol. The second kappa shape index (κ2) is 6.97. The highest BCUT2D eigenvalue weighted by Crippen LogP contribution is 2.02. The van der Waals surface area contributed by atoms with E-state index in [0.717, 1.165) is 6.54 Å². The van der Waals surface area contributed by atoms with Gasteiger partial charge in [0.15, 0.2) is 0 Å². The van der Waals surface area contributed by atoms with Gasteiger partial charge in [0.05, 0.1) is 6.54 Å². The van der Waals surface area contributed by atoms with E-state index in [4.69, 9.17) is 0 Å². The van der Waals surface area contributed by atoms with E-state index in [9.17, 15) is 0 Å². The number of rotatable bonds is 6. The van der Waals surface area contributed by atoms with Crippen LogP contribution in [0.4, 0.5) is 5.69 Å². The van der Waals surface area contributed by atoms with Crippen LogP contribution < -0.4 is 4.90 Å². The number of nitrogens with one attached hydrogen (secondary N) is 1. The summed E-state index contributed by atoms with van der Waals surface area (Å²) >= 11 is 0. The van der Waals surface area contributed by atoms with Crippen LogP contribution in [-0.2, 0) is 6.54 Å². The topological polar surface area (TPSA) is 4.44 Å². The van der Waals surface area contributed by atoms with Crippen molar-refractivity contribution in [1.29, 1.82) is 0 Å². The van der Waals surface area contributed by atoms with E-state index in [2.05, 4.69) is 67.6 Å². The van der Waals surface area contributed by atoms with Gasteiger partial charge < -0.3 is 0 Å². The maximum Gasteiger partial charge on any atom is 0.131 e. The standard InChI is InChI=1S/C17H21N/c1-2-3-14-18(17-12-8-5-9-13-17)15-16-10-6-4-7-11-16/h4-13H,2-3,14-15H2,1H3/p+1. The molecule has 0 aliphatic rings. The second-order valence-corrected chi connectivity index (χ2v) is 4.74. The minimum absolute atomic E-state index is 1.07. The fourth-order valence-electron chi connectivity index (χ4n) is 2.24. The van der Waals surface area contributed by atoms with Crippen LogP contribution in [0.25, 0.3) is 0 Å². The number of hydrogen-bond acceptors (Lipinski definition) is 0. The van der Waals surface area contributed by atoms with Gasteiger partial charge in [0.25, 0.3) is 0 Å². The molecule has 1 unspecified atom stereocenters. The van der Waals surface area contributed by atoms with E-state index in [1.807, 2.05) is 0 Å². The van der Waals surface area contributed by atoms with Crippen molar-refractivity contribution in [3.63, 3.8) is 0 Å². The fourth-order valence-corrected chi connectivity index (χ4v) is 2.24. The molecule has 0 saturated heterocycles. The Labute approximate surface area is 110 Å². The Bertz CT molecular complexity index is 436. The number of unbranched alkanes of at least 4 members (excludes halogenated alkanes) is 1. The van der Waals surface area contributed by atoms with Gasteiger partial charge in [-0.25, -0.2) is 0 Å². The van der Waals surface area contributed by atoms with E-state index in [0.29, 0.717) is 0 Å². The Balaban J connectivity index is 2.10. The number of hydrogen-bond donors (Lipinski definition) is 1. The smallest absolute Gasteiger partial charge is 0.131 e. The molecule has 94 valence electrons. The lowest BCUT2D eigenvalue weighted by Gasteiger charge is -2.19. The van der Waals surface area contributed by atoms with Crippen molar-refractivity contribution < 1.29 is 4.90 Å². The summed E-state index contributed by atoms with van der Waals surface area (Å²) in [4.78, 5) is 1.56. The van der Waals surface area contributed by atoms with Crippen LogP contribution in [-0.4, -0.2) is 6.54 Å². The third kappa shape index (κ3) is 3.71. The molecule has 0 radical (unpaired) electrons. The van der Waals surface area contributed by atoms with Crippen LogP contribution in [0.1, 0.15) is 25.3 Å². The van der Waals surface area contributed by atoms with Crippen LogP contribution in [0.15, 0.2) is 60.7 Å². The van der Waals surface area contributed by atoms with Gasteiger partial charge >= 0.3 is 0 Å². The van der Waals surface area contributed by atoms with Crippen molar-refractivity contribution in [3.05, 3.63) is 66.2 Å². The molecule has 0 amide bonds. The first-order chi connectivity index (χ1) is 8.90. The van der Waals surface area contributed by atoms with Crippen LogP contribution in [0.5, 0.6) is 0 Å². The summed E-state index contributed by atoms with van der Waals surface area (Å²) < 4.78 is 0. The Kier molecular flexibility index (Phi) is 4.98. The van der Waals surface area contributed by atoms with Crippen molar-refractivity contribution in [1.82, 2.24) is 0 Å². The molecule has 0 fully saturated rings. The molecule has 0 aromatic heterocycles. The first-order valence-electron chi connectivity index (χ1n) is 6.84. The number of benzene rings is 2. The van der Waals surface area contributed by atoms with E-state index in [1.165, 1.54) is 30.6 Å². The highest BCUT2D eigenvalue weighted by Gasteiger charge is 2.11. The zero-order chi connectivity index (χ0) is 12.6. The van der Waals surface area contributed by atoms with E-state index < -0.39 is 0 Å². The molecule has 2 aromatic rings. The molecule has 0 bridgehead atoms. The summed E-state index contributed by atoms with van der Waals surface area (Å²) in [5.41, 5.74) is 2.81. The maximum atomic E-state index is 2.26. The summed E-state index contributed by atoms with van der Waals surface area (Å²) in [5, 5.41) is 0. The van der Waals surface area contributed by atoms with Crippen LogP contribution in [0, 0.1) is 0 Å². The van der Waals surface area contributed by atoms with E-state index >= 15 is 0 Å². The molecule has 0 aliphatic heterocycles. The molecule has 0 heterocycles. The molecule has 1 nitrogen and oxygen atoms in total. The zero-order valence-corrected chi connectivity index (χ0v) is 11.1. The summed E-state index contributed by atoms with van der Waals surface area (Å²) in [6, 6.07) is 21.6. The third-order valence-corrected chi connectivity index (χ3v) is 3.27. The van der Waals surface area contributed by atoms with Crippen LogP contribution in [0.3, 0.4) is 0 Å². The van der Waals surface area contributed by atoms with Gasteiger partial charge in [-0.15, -0.1) is 0 Å². The summed E-state index contributed by atoms with van der Waals surface area (Å²) in [7, 11) is 0. The normalized spacial score (nSPS) is 12.3. The quantitative estimate of drug-likeness (QED) is 0.791. The molecule has 0 saturated carbocycles. The number of para-hydroxylation sites is 1. The van der Waals surface area contributed by atoms with Gasteiger partial charge in [0.1, 0.15) is 12.2 Å². The summed E-state index contributed by atoms with van der Waals surface area (Å²) in [5.74, 6) is 0. The molecular formula is C17H22N+. The largest absolute Gasteiger partial charge is 0.299 e. The Morgan fingerprint density at radius 3 is 2.06 bits per heavy atom. The van der Waals surface area contributed by atoms with Gasteiger partial charge in [0.2, 0.25) is 0 Å². The van der Waals surface area contributed by atoms with Crippen LogP contribution >= 0.6 is 0 Å². The van der Waals surface area contributed by atoms with Crippen molar-refractivity contribution in [2.24, 2.45) is 0 Å². The van der Waals surface area contributed by atoms with Crippen molar-refractivity contribution >= 4 is 5.69 Å². The average Bonchev–Trinajstić information content (AvgIpc) is 2.45. The molecule has 18 heavy (non-hydrogen) atoms. The minimum Gasteiger partial charge on any atom is -0.299 e. The van der Waals surface area contributed by atoms with Crippen LogP contribution in [0.2, 0.25) is 0 Å². The molecule has 1 heteroatoms. The van der Waals surface area contributed by atoms with Gasteiger partial charge in [-0.05, 0) is 18.6 Å². The predicted octanol–water partition coefficient (Wildman–Crippen LogP) is 3.20. The SMILES string of the molecule is CCCC[NH+](Cc1ccccc1)c1ccccc1. The maximum absolute atomic E-state index is 2.26. The lowest BCUT2D eigenvalue weighted by atomic mass is 10.2. The lowest BCUT2D eigenvalue weighted by molar-refractivity contribution is -0.847. The summed E-state index contributed by atoms with van der Waals surface area (Å²) in [6.45, 7) is 4.53. The first kappa shape index (κ1) is 12.8. The van der Waals surface area contributed by atoms with Crippen molar-refractivity contribution in [2.45, 2.75) is 26.3 Å². The monoisotopic (exact) mass is 240 g/mol. The number of quaternary nitrogens is 1. The molecule has 1 atom stereocenters. The Morgan fingerprint density at radius 2 is 1.44 bits per heavy atom. The molecule has 2 aromatic carbocycles. The van der Waals surface area contributed by atoms with Crippen molar-refractivity contribution in [3.8, 4) is 0 Å². The molecule has 0 spiro atoms. The first-order valence-corrected chi connectivity index (χ1v) is 6.84. The minimum atomic E-state index is 1.07. The second-order valence-electron chi connectivity index (χ2n) is 4.74. The molecule has 0 aliphatic carbocycles. The van der Waals surface area contributed by atoms with E-state index in [1.54, 1.807) is 4.90 Å². The fraction of sp³-hybridized carbons (Fsp3) is 0.294. The molecular weight excluding hydrogens is 218 g/mol. The highest BCUT2D eigenvalue weighted by molar-refractivity contribution is 5.28. The van der Waals surface area contributed by atoms with Gasteiger partial charge in [0, 0.05) is 5.56 Å².